The Balaban J connectivity index is 2.87. The van der Waals surface area contributed by atoms with Crippen LogP contribution < -0.4 is 15.4 Å². The number of anilines is 1. The fraction of sp³-hybridized carbons (Fsp3) is 0.471. The van der Waals surface area contributed by atoms with E-state index >= 15 is 0 Å². The number of hydrogen-bond donors (Lipinski definition) is 4. The third kappa shape index (κ3) is 6.33. The molecule has 2 atom stereocenters. The first kappa shape index (κ1) is 22.6. The maximum absolute atomic E-state index is 12.4. The van der Waals surface area contributed by atoms with Crippen LogP contribution in [0.3, 0.4) is 0 Å². The van der Waals surface area contributed by atoms with Gasteiger partial charge in [-0.05, 0) is 44.5 Å². The number of carbonyl (C=O) groups is 3. The standard InChI is InChI=1S/C17H25N3O6S/c1-5-10-17(4,16(23)24)19-15(22)11(2)20-27(25,26)14-8-6-13(7-9-14)18-12(3)21/h6-9,11,20H,5,10H2,1-4H3,(H,18,21)(H,19,22)(H,23,24). The van der Waals surface area contributed by atoms with Crippen LogP contribution in [0.5, 0.6) is 0 Å². The second-order valence-electron chi connectivity index (χ2n) is 6.43. The molecule has 0 aliphatic heterocycles. The van der Waals surface area contributed by atoms with E-state index in [1.165, 1.54) is 45.0 Å². The lowest BCUT2D eigenvalue weighted by atomic mass is 9.96. The Bertz CT molecular complexity index is 806. The van der Waals surface area contributed by atoms with E-state index in [0.717, 1.165) is 0 Å². The van der Waals surface area contributed by atoms with Gasteiger partial charge in [-0.1, -0.05) is 13.3 Å². The minimum absolute atomic E-state index is 0.0918. The summed E-state index contributed by atoms with van der Waals surface area (Å²) >= 11 is 0. The predicted molar refractivity (Wildman–Crippen MR) is 99.6 cm³/mol. The van der Waals surface area contributed by atoms with E-state index in [9.17, 15) is 27.9 Å². The van der Waals surface area contributed by atoms with Gasteiger partial charge in [0.25, 0.3) is 0 Å². The van der Waals surface area contributed by atoms with Crippen molar-refractivity contribution in [1.29, 1.82) is 0 Å². The van der Waals surface area contributed by atoms with Gasteiger partial charge in [-0.25, -0.2) is 13.2 Å². The first-order chi connectivity index (χ1) is 12.4. The SMILES string of the molecule is CCCC(C)(NC(=O)C(C)NS(=O)(=O)c1ccc(NC(C)=O)cc1)C(=O)O. The second kappa shape index (κ2) is 8.96. The number of sulfonamides is 1. The highest BCUT2D eigenvalue weighted by molar-refractivity contribution is 7.89. The van der Waals surface area contributed by atoms with Gasteiger partial charge >= 0.3 is 5.97 Å². The van der Waals surface area contributed by atoms with Crippen LogP contribution in [0.15, 0.2) is 29.2 Å². The summed E-state index contributed by atoms with van der Waals surface area (Å²) in [6.45, 7) is 5.81. The molecule has 1 rings (SSSR count). The van der Waals surface area contributed by atoms with E-state index in [2.05, 4.69) is 15.4 Å². The summed E-state index contributed by atoms with van der Waals surface area (Å²) in [5.74, 6) is -2.23. The van der Waals surface area contributed by atoms with Crippen molar-refractivity contribution < 1.29 is 27.9 Å². The summed E-state index contributed by atoms with van der Waals surface area (Å²) in [5.41, 5.74) is -1.05. The zero-order valence-electron chi connectivity index (χ0n) is 15.7. The maximum Gasteiger partial charge on any atom is 0.329 e. The minimum atomic E-state index is -4.01. The van der Waals surface area contributed by atoms with E-state index in [1.54, 1.807) is 6.92 Å². The molecule has 2 unspecified atom stereocenters. The molecule has 2 amide bonds. The zero-order valence-corrected chi connectivity index (χ0v) is 16.5. The molecule has 0 aliphatic carbocycles. The summed E-state index contributed by atoms with van der Waals surface area (Å²) in [6.07, 6.45) is 0.738. The Morgan fingerprint density at radius 3 is 2.19 bits per heavy atom. The molecule has 0 saturated heterocycles. The van der Waals surface area contributed by atoms with Crippen molar-refractivity contribution in [2.45, 2.75) is 57.0 Å². The van der Waals surface area contributed by atoms with E-state index < -0.39 is 33.5 Å². The van der Waals surface area contributed by atoms with Crippen LogP contribution in [0, 0.1) is 0 Å². The van der Waals surface area contributed by atoms with Crippen molar-refractivity contribution in [3.8, 4) is 0 Å². The van der Waals surface area contributed by atoms with Crippen LogP contribution in [0.25, 0.3) is 0 Å². The lowest BCUT2D eigenvalue weighted by Crippen LogP contribution is -2.57. The van der Waals surface area contributed by atoms with Crippen molar-refractivity contribution in [3.63, 3.8) is 0 Å². The van der Waals surface area contributed by atoms with Gasteiger partial charge in [0.2, 0.25) is 21.8 Å². The van der Waals surface area contributed by atoms with Gasteiger partial charge < -0.3 is 15.7 Å². The zero-order chi connectivity index (χ0) is 20.8. The molecular weight excluding hydrogens is 374 g/mol. The number of carbonyl (C=O) groups excluding carboxylic acids is 2. The van der Waals surface area contributed by atoms with Crippen molar-refractivity contribution in [3.05, 3.63) is 24.3 Å². The summed E-state index contributed by atoms with van der Waals surface area (Å²) in [7, 11) is -4.01. The number of nitrogens with one attached hydrogen (secondary N) is 3. The Labute approximate surface area is 158 Å². The molecule has 0 radical (unpaired) electrons. The van der Waals surface area contributed by atoms with E-state index in [-0.39, 0.29) is 17.2 Å². The third-order valence-electron chi connectivity index (χ3n) is 3.83. The maximum atomic E-state index is 12.4. The highest BCUT2D eigenvalue weighted by Crippen LogP contribution is 2.16. The Kier molecular flexibility index (Phi) is 7.49. The third-order valence-corrected chi connectivity index (χ3v) is 5.39. The van der Waals surface area contributed by atoms with Crippen LogP contribution in [-0.2, 0) is 24.4 Å². The number of amides is 2. The molecule has 4 N–H and O–H groups in total. The van der Waals surface area contributed by atoms with Crippen molar-refractivity contribution in [2.75, 3.05) is 5.32 Å². The largest absolute Gasteiger partial charge is 0.480 e. The summed E-state index contributed by atoms with van der Waals surface area (Å²) in [6, 6.07) is 4.24. The second-order valence-corrected chi connectivity index (χ2v) is 8.14. The highest BCUT2D eigenvalue weighted by Gasteiger charge is 2.35. The lowest BCUT2D eigenvalue weighted by molar-refractivity contribution is -0.147. The van der Waals surface area contributed by atoms with E-state index in [4.69, 9.17) is 0 Å². The molecule has 0 bridgehead atoms. The summed E-state index contributed by atoms with van der Waals surface area (Å²) in [4.78, 5) is 34.6. The first-order valence-electron chi connectivity index (χ1n) is 8.36. The molecule has 0 aromatic heterocycles. The normalized spacial score (nSPS) is 14.7. The van der Waals surface area contributed by atoms with Gasteiger partial charge in [0.15, 0.2) is 0 Å². The fourth-order valence-corrected chi connectivity index (χ4v) is 3.58. The highest BCUT2D eigenvalue weighted by atomic mass is 32.2. The Morgan fingerprint density at radius 1 is 1.19 bits per heavy atom. The number of hydrogen-bond acceptors (Lipinski definition) is 5. The van der Waals surface area contributed by atoms with Crippen LogP contribution in [0.2, 0.25) is 0 Å². The smallest absolute Gasteiger partial charge is 0.329 e. The van der Waals surface area contributed by atoms with Gasteiger partial charge in [0, 0.05) is 12.6 Å². The van der Waals surface area contributed by atoms with Crippen molar-refractivity contribution >= 4 is 33.5 Å². The van der Waals surface area contributed by atoms with Crippen molar-refractivity contribution in [1.82, 2.24) is 10.0 Å². The predicted octanol–water partition coefficient (Wildman–Crippen LogP) is 1.07. The van der Waals surface area contributed by atoms with Crippen LogP contribution in [0.1, 0.15) is 40.5 Å². The molecule has 27 heavy (non-hydrogen) atoms. The molecule has 0 fully saturated rings. The van der Waals surface area contributed by atoms with Gasteiger partial charge in [0.05, 0.1) is 10.9 Å². The van der Waals surface area contributed by atoms with E-state index in [1.807, 2.05) is 0 Å². The lowest BCUT2D eigenvalue weighted by Gasteiger charge is -2.27. The summed E-state index contributed by atoms with van der Waals surface area (Å²) in [5, 5.41) is 14.2. The van der Waals surface area contributed by atoms with Crippen LogP contribution >= 0.6 is 0 Å². The number of carboxylic acid groups (broad SMARTS) is 1. The molecule has 9 nitrogen and oxygen atoms in total. The van der Waals surface area contributed by atoms with Gasteiger partial charge in [-0.2, -0.15) is 4.72 Å². The molecule has 0 aliphatic rings. The average Bonchev–Trinajstić information content (AvgIpc) is 2.54. The molecule has 1 aromatic carbocycles. The van der Waals surface area contributed by atoms with Crippen LogP contribution in [-0.4, -0.2) is 42.9 Å². The van der Waals surface area contributed by atoms with Crippen LogP contribution in [0.4, 0.5) is 5.69 Å². The first-order valence-corrected chi connectivity index (χ1v) is 9.85. The monoisotopic (exact) mass is 399 g/mol. The van der Waals surface area contributed by atoms with Gasteiger partial charge in [-0.3, -0.25) is 9.59 Å². The summed E-state index contributed by atoms with van der Waals surface area (Å²) < 4.78 is 27.0. The average molecular weight is 399 g/mol. The van der Waals surface area contributed by atoms with Crippen molar-refractivity contribution in [2.24, 2.45) is 0 Å². The fourth-order valence-electron chi connectivity index (χ4n) is 2.38. The minimum Gasteiger partial charge on any atom is -0.480 e. The molecular formula is C17H25N3O6S. The molecule has 150 valence electrons. The molecule has 10 heteroatoms. The quantitative estimate of drug-likeness (QED) is 0.489. The number of rotatable bonds is 9. The molecule has 0 heterocycles. The number of carboxylic acids is 1. The molecule has 0 saturated carbocycles. The number of benzene rings is 1. The van der Waals surface area contributed by atoms with E-state index in [0.29, 0.717) is 12.1 Å². The molecule has 1 aromatic rings. The van der Waals surface area contributed by atoms with Gasteiger partial charge in [0.1, 0.15) is 5.54 Å². The topological polar surface area (TPSA) is 142 Å². The Hall–Kier alpha value is -2.46. The van der Waals surface area contributed by atoms with Gasteiger partial charge in [-0.15, -0.1) is 0 Å². The number of aliphatic carboxylic acids is 1. The molecule has 0 spiro atoms. The Morgan fingerprint density at radius 2 is 1.74 bits per heavy atom.